The van der Waals surface area contributed by atoms with E-state index in [1.165, 1.54) is 6.26 Å². The zero-order valence-electron chi connectivity index (χ0n) is 18.4. The van der Waals surface area contributed by atoms with Crippen molar-refractivity contribution in [2.45, 2.75) is 56.4 Å². The molecule has 0 radical (unpaired) electrons. The van der Waals surface area contributed by atoms with Crippen molar-refractivity contribution in [3.05, 3.63) is 59.5 Å². The van der Waals surface area contributed by atoms with E-state index in [2.05, 4.69) is 25.8 Å². The van der Waals surface area contributed by atoms with Crippen LogP contribution in [0.3, 0.4) is 0 Å². The molecule has 2 aromatic heterocycles. The second-order valence-electron chi connectivity index (χ2n) is 9.26. The summed E-state index contributed by atoms with van der Waals surface area (Å²) < 4.78 is 25.2. The fraction of sp³-hybridized carbons (Fsp3) is 0.435. The molecule has 0 saturated carbocycles. The second kappa shape index (κ2) is 7.75. The van der Waals surface area contributed by atoms with E-state index in [4.69, 9.17) is 5.10 Å². The van der Waals surface area contributed by atoms with Crippen molar-refractivity contribution in [2.24, 2.45) is 0 Å². The fourth-order valence-electron chi connectivity index (χ4n) is 4.04. The molecule has 1 fully saturated rings. The maximum Gasteiger partial charge on any atom is 0.227 e. The lowest BCUT2D eigenvalue weighted by atomic mass is 9.93. The predicted octanol–water partition coefficient (Wildman–Crippen LogP) is 3.34. The van der Waals surface area contributed by atoms with E-state index in [1.54, 1.807) is 30.5 Å². The summed E-state index contributed by atoms with van der Waals surface area (Å²) in [4.78, 5) is 19.8. The molecule has 1 aromatic carbocycles. The van der Waals surface area contributed by atoms with Gasteiger partial charge in [0.05, 0.1) is 28.7 Å². The van der Waals surface area contributed by atoms with Gasteiger partial charge in [0.15, 0.2) is 15.5 Å². The largest absolute Gasteiger partial charge is 0.334 e. The zero-order chi connectivity index (χ0) is 22.4. The molecule has 1 atom stereocenters. The summed E-state index contributed by atoms with van der Waals surface area (Å²) in [5, 5.41) is 4.80. The highest BCUT2D eigenvalue weighted by Gasteiger charge is 2.32. The molecule has 0 bridgehead atoms. The lowest BCUT2D eigenvalue weighted by Gasteiger charge is -2.25. The maximum absolute atomic E-state index is 13.1. The molecule has 1 aliphatic heterocycles. The van der Waals surface area contributed by atoms with Crippen LogP contribution in [-0.2, 0) is 26.5 Å². The molecule has 1 saturated heterocycles. The average Bonchev–Trinajstić information content (AvgIpc) is 3.34. The highest BCUT2D eigenvalue weighted by Crippen LogP contribution is 2.33. The topological polar surface area (TPSA) is 84.6 Å². The number of hydrogen-bond donors (Lipinski definition) is 0. The number of carbonyl (C=O) groups excluding carboxylic acids is 1. The van der Waals surface area contributed by atoms with Crippen LogP contribution < -0.4 is 0 Å². The first kappa shape index (κ1) is 21.5. The van der Waals surface area contributed by atoms with Gasteiger partial charge >= 0.3 is 0 Å². The van der Waals surface area contributed by atoms with Crippen LogP contribution in [0.1, 0.15) is 56.6 Å². The van der Waals surface area contributed by atoms with Gasteiger partial charge in [-0.1, -0.05) is 32.9 Å². The number of rotatable bonds is 4. The van der Waals surface area contributed by atoms with Crippen molar-refractivity contribution in [2.75, 3.05) is 12.8 Å². The Kier molecular flexibility index (Phi) is 5.37. The average molecular weight is 441 g/mol. The standard InChI is InChI=1S/C23H28N4O3S/c1-23(2,3)20-15-21-24-12-11-19(27(21)25-20)18-6-5-13-26(18)22(28)14-16-7-9-17(10-8-16)31(4,29)30/h7-12,15,18H,5-6,13-14H2,1-4H3/t18-/m1/s1. The summed E-state index contributed by atoms with van der Waals surface area (Å²) in [5.74, 6) is 0.0303. The van der Waals surface area contributed by atoms with E-state index in [-0.39, 0.29) is 28.7 Å². The van der Waals surface area contributed by atoms with E-state index in [0.29, 0.717) is 6.54 Å². The monoisotopic (exact) mass is 440 g/mol. The van der Waals surface area contributed by atoms with Gasteiger partial charge in [-0.15, -0.1) is 0 Å². The number of aromatic nitrogens is 3. The summed E-state index contributed by atoms with van der Waals surface area (Å²) in [7, 11) is -3.25. The first-order chi connectivity index (χ1) is 14.5. The minimum atomic E-state index is -3.25. The lowest BCUT2D eigenvalue weighted by molar-refractivity contribution is -0.131. The van der Waals surface area contributed by atoms with E-state index in [0.717, 1.165) is 35.4 Å². The number of hydrogen-bond acceptors (Lipinski definition) is 5. The Hall–Kier alpha value is -2.74. The summed E-state index contributed by atoms with van der Waals surface area (Å²) in [6, 6.07) is 10.5. The van der Waals surface area contributed by atoms with Gasteiger partial charge < -0.3 is 4.90 Å². The van der Waals surface area contributed by atoms with Crippen LogP contribution in [0, 0.1) is 0 Å². The molecule has 0 N–H and O–H groups in total. The van der Waals surface area contributed by atoms with Crippen molar-refractivity contribution in [3.63, 3.8) is 0 Å². The Labute approximate surface area is 183 Å². The van der Waals surface area contributed by atoms with Gasteiger partial charge in [0, 0.05) is 30.5 Å². The molecule has 8 heteroatoms. The fourth-order valence-corrected chi connectivity index (χ4v) is 4.67. The van der Waals surface area contributed by atoms with E-state index in [1.807, 2.05) is 21.5 Å². The van der Waals surface area contributed by atoms with E-state index >= 15 is 0 Å². The molecule has 31 heavy (non-hydrogen) atoms. The summed E-state index contributed by atoms with van der Waals surface area (Å²) in [5.41, 5.74) is 3.44. The molecule has 4 rings (SSSR count). The molecular weight excluding hydrogens is 412 g/mol. The van der Waals surface area contributed by atoms with Crippen molar-refractivity contribution in [3.8, 4) is 0 Å². The molecule has 164 valence electrons. The minimum Gasteiger partial charge on any atom is -0.334 e. The van der Waals surface area contributed by atoms with Gasteiger partial charge in [-0.3, -0.25) is 4.79 Å². The Morgan fingerprint density at radius 2 is 1.87 bits per heavy atom. The number of benzene rings is 1. The van der Waals surface area contributed by atoms with Gasteiger partial charge in [0.25, 0.3) is 0 Å². The van der Waals surface area contributed by atoms with E-state index < -0.39 is 9.84 Å². The van der Waals surface area contributed by atoms with Crippen molar-refractivity contribution in [1.29, 1.82) is 0 Å². The summed E-state index contributed by atoms with van der Waals surface area (Å²) >= 11 is 0. The second-order valence-corrected chi connectivity index (χ2v) is 11.3. The van der Waals surface area contributed by atoms with Gasteiger partial charge in [-0.05, 0) is 36.6 Å². The normalized spacial score (nSPS) is 17.4. The maximum atomic E-state index is 13.1. The quantitative estimate of drug-likeness (QED) is 0.621. The third-order valence-electron chi connectivity index (χ3n) is 5.78. The number of carbonyl (C=O) groups is 1. The first-order valence-electron chi connectivity index (χ1n) is 10.5. The number of amides is 1. The van der Waals surface area contributed by atoms with Gasteiger partial charge in [-0.25, -0.2) is 17.9 Å². The van der Waals surface area contributed by atoms with Crippen LogP contribution in [0.2, 0.25) is 0 Å². The Bertz CT molecular complexity index is 1220. The van der Waals surface area contributed by atoms with Crippen LogP contribution in [0.25, 0.3) is 5.65 Å². The SMILES string of the molecule is CC(C)(C)c1cc2nccc([C@H]3CCCN3C(=O)Cc3ccc(S(C)(=O)=O)cc3)n2n1. The van der Waals surface area contributed by atoms with E-state index in [9.17, 15) is 13.2 Å². The molecular formula is C23H28N4O3S. The van der Waals surface area contributed by atoms with Crippen LogP contribution in [0.5, 0.6) is 0 Å². The molecule has 0 unspecified atom stereocenters. The Balaban J connectivity index is 1.59. The lowest BCUT2D eigenvalue weighted by Crippen LogP contribution is -2.32. The predicted molar refractivity (Wildman–Crippen MR) is 119 cm³/mol. The summed E-state index contributed by atoms with van der Waals surface area (Å²) in [6.07, 6.45) is 5.01. The summed E-state index contributed by atoms with van der Waals surface area (Å²) in [6.45, 7) is 7.06. The highest BCUT2D eigenvalue weighted by molar-refractivity contribution is 7.90. The third kappa shape index (κ3) is 4.35. The Morgan fingerprint density at radius 1 is 1.16 bits per heavy atom. The highest BCUT2D eigenvalue weighted by atomic mass is 32.2. The van der Waals surface area contributed by atoms with Gasteiger partial charge in [-0.2, -0.15) is 5.10 Å². The molecule has 7 nitrogen and oxygen atoms in total. The zero-order valence-corrected chi connectivity index (χ0v) is 19.2. The molecule has 3 aromatic rings. The molecule has 0 aliphatic carbocycles. The van der Waals surface area contributed by atoms with Crippen molar-refractivity contribution < 1.29 is 13.2 Å². The van der Waals surface area contributed by atoms with Gasteiger partial charge in [0.1, 0.15) is 0 Å². The van der Waals surface area contributed by atoms with Crippen LogP contribution >= 0.6 is 0 Å². The van der Waals surface area contributed by atoms with Crippen LogP contribution in [-0.4, -0.2) is 46.6 Å². The number of fused-ring (bicyclic) bond motifs is 1. The molecule has 0 spiro atoms. The number of likely N-dealkylation sites (tertiary alicyclic amines) is 1. The molecule has 3 heterocycles. The van der Waals surface area contributed by atoms with Crippen molar-refractivity contribution in [1.82, 2.24) is 19.5 Å². The van der Waals surface area contributed by atoms with Crippen LogP contribution in [0.4, 0.5) is 0 Å². The smallest absolute Gasteiger partial charge is 0.227 e. The molecule has 1 aliphatic rings. The first-order valence-corrected chi connectivity index (χ1v) is 12.4. The number of nitrogens with zero attached hydrogens (tertiary/aromatic N) is 4. The van der Waals surface area contributed by atoms with Gasteiger partial charge in [0.2, 0.25) is 5.91 Å². The molecule has 1 amide bonds. The Morgan fingerprint density at radius 3 is 2.52 bits per heavy atom. The van der Waals surface area contributed by atoms with Crippen molar-refractivity contribution >= 4 is 21.4 Å². The minimum absolute atomic E-state index is 0.0303. The number of sulfone groups is 1. The van der Waals surface area contributed by atoms with Crippen LogP contribution in [0.15, 0.2) is 47.5 Å². The third-order valence-corrected chi connectivity index (χ3v) is 6.91.